The predicted octanol–water partition coefficient (Wildman–Crippen LogP) is 3.23. The smallest absolute Gasteiger partial charge is 0.263 e. The topological polar surface area (TPSA) is 80.0 Å². The zero-order chi connectivity index (χ0) is 15.3. The monoisotopic (exact) mass is 324 g/mol. The van der Waals surface area contributed by atoms with Crippen molar-refractivity contribution in [2.45, 2.75) is 24.2 Å². The highest BCUT2D eigenvalue weighted by Gasteiger charge is 2.17. The number of hydrogen-bond donors (Lipinski definition) is 0. The number of ether oxygens (including phenoxy) is 1. The molecule has 0 saturated carbocycles. The van der Waals surface area contributed by atoms with E-state index >= 15 is 0 Å². The van der Waals surface area contributed by atoms with Crippen molar-refractivity contribution in [1.29, 1.82) is 5.26 Å². The summed E-state index contributed by atoms with van der Waals surface area (Å²) in [4.78, 5) is 4.05. The molecule has 1 aromatic carbocycles. The van der Waals surface area contributed by atoms with E-state index in [-0.39, 0.29) is 4.90 Å². The number of aromatic nitrogens is 1. The molecule has 0 aliphatic heterocycles. The van der Waals surface area contributed by atoms with Crippen LogP contribution >= 0.6 is 10.7 Å². The summed E-state index contributed by atoms with van der Waals surface area (Å²) in [5, 5.41) is 9.06. The predicted molar refractivity (Wildman–Crippen MR) is 79.7 cm³/mol. The van der Waals surface area contributed by atoms with Gasteiger partial charge in [0, 0.05) is 28.7 Å². The fourth-order valence-electron chi connectivity index (χ4n) is 1.93. The van der Waals surface area contributed by atoms with Crippen LogP contribution in [-0.4, -0.2) is 20.0 Å². The van der Waals surface area contributed by atoms with Crippen LogP contribution in [0.15, 0.2) is 35.4 Å². The number of nitrogens with zero attached hydrogens (tertiary/aromatic N) is 2. The number of hydrogen-bond acceptors (Lipinski definition) is 5. The molecule has 0 fully saturated rings. The second-order valence-corrected chi connectivity index (χ2v) is 6.90. The van der Waals surface area contributed by atoms with E-state index in [9.17, 15) is 8.42 Å². The highest BCUT2D eigenvalue weighted by molar-refractivity contribution is 8.14. The molecule has 5 nitrogen and oxygen atoms in total. The van der Waals surface area contributed by atoms with Crippen LogP contribution in [0.3, 0.4) is 0 Å². The van der Waals surface area contributed by atoms with Crippen molar-refractivity contribution < 1.29 is 13.2 Å². The van der Waals surface area contributed by atoms with Crippen LogP contribution in [0.25, 0.3) is 10.9 Å². The van der Waals surface area contributed by atoms with E-state index < -0.39 is 9.05 Å². The van der Waals surface area contributed by atoms with Crippen LogP contribution in [0.2, 0.25) is 0 Å². The molecule has 2 rings (SSSR count). The number of nitriles is 1. The Bertz CT molecular complexity index is 784. The summed E-state index contributed by atoms with van der Waals surface area (Å²) in [5.41, 5.74) is 0.294. The quantitative estimate of drug-likeness (QED) is 0.602. The van der Waals surface area contributed by atoms with Crippen molar-refractivity contribution in [1.82, 2.24) is 4.98 Å². The second-order valence-electron chi connectivity index (χ2n) is 4.36. The Hall–Kier alpha value is -1.84. The molecule has 0 aliphatic rings. The number of fused-ring (bicyclic) bond motifs is 1. The van der Waals surface area contributed by atoms with Gasteiger partial charge in [0.25, 0.3) is 9.05 Å². The van der Waals surface area contributed by atoms with Gasteiger partial charge in [-0.05, 0) is 37.1 Å². The molecule has 21 heavy (non-hydrogen) atoms. The lowest BCUT2D eigenvalue weighted by atomic mass is 10.2. The standard InChI is InChI=1S/C14H13ClN2O3S/c15-21(18,19)13-7-6-12(20-10-3-1-2-8-16)11-5-4-9-17-14(11)13/h4-7,9H,1-3,10H2. The Balaban J connectivity index is 2.29. The first-order valence-corrected chi connectivity index (χ1v) is 8.67. The van der Waals surface area contributed by atoms with Gasteiger partial charge >= 0.3 is 0 Å². The van der Waals surface area contributed by atoms with E-state index in [1.165, 1.54) is 12.3 Å². The van der Waals surface area contributed by atoms with Crippen molar-refractivity contribution in [3.05, 3.63) is 30.5 Å². The molecule has 0 aliphatic carbocycles. The summed E-state index contributed by atoms with van der Waals surface area (Å²) in [7, 11) is 1.55. The highest BCUT2D eigenvalue weighted by atomic mass is 35.7. The van der Waals surface area contributed by atoms with Gasteiger partial charge in [0.05, 0.1) is 18.2 Å². The molecule has 110 valence electrons. The highest BCUT2D eigenvalue weighted by Crippen LogP contribution is 2.31. The zero-order valence-corrected chi connectivity index (χ0v) is 12.7. The molecular formula is C14H13ClN2O3S. The lowest BCUT2D eigenvalue weighted by Gasteiger charge is -2.10. The lowest BCUT2D eigenvalue weighted by molar-refractivity contribution is 0.311. The van der Waals surface area contributed by atoms with Crippen molar-refractivity contribution in [2.24, 2.45) is 0 Å². The molecule has 0 spiro atoms. The minimum atomic E-state index is -3.86. The average molecular weight is 325 g/mol. The van der Waals surface area contributed by atoms with Gasteiger partial charge in [0.2, 0.25) is 0 Å². The van der Waals surface area contributed by atoms with E-state index in [0.717, 1.165) is 12.8 Å². The van der Waals surface area contributed by atoms with Gasteiger partial charge < -0.3 is 4.74 Å². The number of halogens is 1. The maximum absolute atomic E-state index is 11.5. The van der Waals surface area contributed by atoms with Gasteiger partial charge in [0.15, 0.2) is 0 Å². The number of benzene rings is 1. The molecule has 2 aromatic rings. The number of unbranched alkanes of at least 4 members (excludes halogenated alkanes) is 2. The summed E-state index contributed by atoms with van der Waals surface area (Å²) >= 11 is 0. The first-order chi connectivity index (χ1) is 10.0. The lowest BCUT2D eigenvalue weighted by Crippen LogP contribution is -2.00. The Morgan fingerprint density at radius 3 is 2.81 bits per heavy atom. The Labute approximate surface area is 127 Å². The second kappa shape index (κ2) is 6.74. The molecular weight excluding hydrogens is 312 g/mol. The van der Waals surface area contributed by atoms with E-state index in [4.69, 9.17) is 20.7 Å². The Morgan fingerprint density at radius 1 is 1.29 bits per heavy atom. The van der Waals surface area contributed by atoms with Crippen LogP contribution in [0, 0.1) is 11.3 Å². The summed E-state index contributed by atoms with van der Waals surface area (Å²) in [5.74, 6) is 0.555. The first kappa shape index (κ1) is 15.5. The molecule has 0 atom stereocenters. The van der Waals surface area contributed by atoms with Crippen LogP contribution < -0.4 is 4.74 Å². The van der Waals surface area contributed by atoms with Gasteiger partial charge in [0.1, 0.15) is 10.6 Å². The van der Waals surface area contributed by atoms with Crippen molar-refractivity contribution in [3.8, 4) is 11.8 Å². The van der Waals surface area contributed by atoms with Crippen LogP contribution in [-0.2, 0) is 9.05 Å². The summed E-state index contributed by atoms with van der Waals surface area (Å²) < 4.78 is 28.7. The van der Waals surface area contributed by atoms with Crippen LogP contribution in [0.5, 0.6) is 5.75 Å². The SMILES string of the molecule is N#CCCCCOc1ccc(S(=O)(=O)Cl)c2ncccc12. The Kier molecular flexibility index (Phi) is 4.99. The zero-order valence-electron chi connectivity index (χ0n) is 11.1. The van der Waals surface area contributed by atoms with Crippen molar-refractivity contribution >= 4 is 30.6 Å². The van der Waals surface area contributed by atoms with E-state index in [2.05, 4.69) is 11.1 Å². The van der Waals surface area contributed by atoms with Crippen molar-refractivity contribution in [3.63, 3.8) is 0 Å². The van der Waals surface area contributed by atoms with Crippen molar-refractivity contribution in [2.75, 3.05) is 6.61 Å². The fraction of sp³-hybridized carbons (Fsp3) is 0.286. The van der Waals surface area contributed by atoms with E-state index in [0.29, 0.717) is 29.7 Å². The molecule has 0 bridgehead atoms. The minimum Gasteiger partial charge on any atom is -0.493 e. The summed E-state index contributed by atoms with van der Waals surface area (Å²) in [6, 6.07) is 8.48. The molecule has 0 unspecified atom stereocenters. The van der Waals surface area contributed by atoms with Crippen LogP contribution in [0.1, 0.15) is 19.3 Å². The number of rotatable bonds is 6. The maximum Gasteiger partial charge on any atom is 0.263 e. The molecule has 7 heteroatoms. The van der Waals surface area contributed by atoms with Gasteiger partial charge in [-0.1, -0.05) is 0 Å². The largest absolute Gasteiger partial charge is 0.493 e. The minimum absolute atomic E-state index is 0.0309. The van der Waals surface area contributed by atoms with Gasteiger partial charge in [-0.15, -0.1) is 0 Å². The van der Waals surface area contributed by atoms with Crippen LogP contribution in [0.4, 0.5) is 0 Å². The average Bonchev–Trinajstić information content (AvgIpc) is 2.45. The third-order valence-electron chi connectivity index (χ3n) is 2.90. The summed E-state index contributed by atoms with van der Waals surface area (Å²) in [6.07, 6.45) is 3.52. The number of pyridine rings is 1. The van der Waals surface area contributed by atoms with Gasteiger partial charge in [-0.25, -0.2) is 8.42 Å². The molecule has 0 radical (unpaired) electrons. The molecule has 0 amide bonds. The Morgan fingerprint density at radius 2 is 2.10 bits per heavy atom. The third kappa shape index (κ3) is 3.84. The first-order valence-electron chi connectivity index (χ1n) is 6.36. The maximum atomic E-state index is 11.5. The normalized spacial score (nSPS) is 11.2. The van der Waals surface area contributed by atoms with E-state index in [1.807, 2.05) is 0 Å². The summed E-state index contributed by atoms with van der Waals surface area (Å²) in [6.45, 7) is 0.457. The van der Waals surface area contributed by atoms with Gasteiger partial charge in [-0.2, -0.15) is 5.26 Å². The van der Waals surface area contributed by atoms with Gasteiger partial charge in [-0.3, -0.25) is 4.98 Å². The molecule has 0 N–H and O–H groups in total. The third-order valence-corrected chi connectivity index (χ3v) is 4.25. The molecule has 1 aromatic heterocycles. The molecule has 0 saturated heterocycles. The van der Waals surface area contributed by atoms with E-state index in [1.54, 1.807) is 18.2 Å². The fourth-order valence-corrected chi connectivity index (χ4v) is 2.93. The molecule has 1 heterocycles.